The van der Waals surface area contributed by atoms with E-state index in [-0.39, 0.29) is 18.3 Å². The van der Waals surface area contributed by atoms with Crippen molar-refractivity contribution < 1.29 is 19.8 Å². The minimum Gasteiger partial charge on any atom is -0.489 e. The number of nitrogens with zero attached hydrogens (tertiary/aromatic N) is 2. The molecule has 0 amide bonds. The number of rotatable bonds is 0. The number of aliphatic hydroxyl groups excluding tert-OH is 1. The Bertz CT molecular complexity index is 274. The highest BCUT2D eigenvalue weighted by molar-refractivity contribution is 5.91. The van der Waals surface area contributed by atoms with Crippen LogP contribution in [0.1, 0.15) is 0 Å². The molecule has 0 aromatic carbocycles. The molecule has 0 spiro atoms. The maximum Gasteiger partial charge on any atom is 0.277 e. The van der Waals surface area contributed by atoms with Crippen LogP contribution >= 0.6 is 0 Å². The number of hydrazone groups is 1. The molecular formula is C5H7N3O4. The number of nitrogens with two attached hydrogens (primary N) is 1. The van der Waals surface area contributed by atoms with E-state index in [0.717, 1.165) is 0 Å². The van der Waals surface area contributed by atoms with Crippen LogP contribution in [0.2, 0.25) is 0 Å². The molecule has 2 aliphatic heterocycles. The van der Waals surface area contributed by atoms with Gasteiger partial charge in [0.2, 0.25) is 12.6 Å². The molecule has 12 heavy (non-hydrogen) atoms. The number of hydroxylamine groups is 1. The van der Waals surface area contributed by atoms with Crippen LogP contribution in [0.3, 0.4) is 0 Å². The topological polar surface area (TPSA) is 101 Å². The second-order valence-corrected chi connectivity index (χ2v) is 2.29. The summed E-state index contributed by atoms with van der Waals surface area (Å²) in [5, 5.41) is 21.8. The summed E-state index contributed by atoms with van der Waals surface area (Å²) in [6.07, 6.45) is -0.918. The Labute approximate surface area is 67.2 Å². The van der Waals surface area contributed by atoms with Gasteiger partial charge in [-0.2, -0.15) is 0 Å². The Balaban J connectivity index is 2.38. The minimum atomic E-state index is -0.918. The van der Waals surface area contributed by atoms with E-state index in [1.165, 1.54) is 0 Å². The molecule has 0 aromatic rings. The fourth-order valence-electron chi connectivity index (χ4n) is 0.993. The van der Waals surface area contributed by atoms with Crippen molar-refractivity contribution in [2.45, 2.75) is 6.17 Å². The SMILES string of the molecule is NC1C2=C(OCO2)C(O)=NN1O. The van der Waals surface area contributed by atoms with Crippen LogP contribution < -0.4 is 5.73 Å². The number of aliphatic hydroxyl groups is 1. The molecule has 4 N–H and O–H groups in total. The summed E-state index contributed by atoms with van der Waals surface area (Å²) in [5.41, 5.74) is 5.42. The zero-order valence-corrected chi connectivity index (χ0v) is 5.97. The van der Waals surface area contributed by atoms with Gasteiger partial charge in [0, 0.05) is 0 Å². The summed E-state index contributed by atoms with van der Waals surface area (Å²) < 4.78 is 9.75. The molecule has 0 bridgehead atoms. The summed E-state index contributed by atoms with van der Waals surface area (Å²) >= 11 is 0. The van der Waals surface area contributed by atoms with Gasteiger partial charge < -0.3 is 20.3 Å². The zero-order chi connectivity index (χ0) is 8.72. The highest BCUT2D eigenvalue weighted by Crippen LogP contribution is 2.24. The monoisotopic (exact) mass is 173 g/mol. The molecule has 0 aliphatic carbocycles. The van der Waals surface area contributed by atoms with E-state index in [1.54, 1.807) is 0 Å². The van der Waals surface area contributed by atoms with Gasteiger partial charge in [0.15, 0.2) is 11.9 Å². The molecule has 2 aliphatic rings. The lowest BCUT2D eigenvalue weighted by atomic mass is 10.3. The van der Waals surface area contributed by atoms with Gasteiger partial charge in [-0.05, 0) is 0 Å². The molecule has 1 atom stereocenters. The molecule has 0 fully saturated rings. The molecular weight excluding hydrogens is 166 g/mol. The summed E-state index contributed by atoms with van der Waals surface area (Å²) in [7, 11) is 0. The van der Waals surface area contributed by atoms with Crippen molar-refractivity contribution in [3.05, 3.63) is 11.5 Å². The predicted molar refractivity (Wildman–Crippen MR) is 35.7 cm³/mol. The molecule has 0 radical (unpaired) electrons. The molecule has 66 valence electrons. The lowest BCUT2D eigenvalue weighted by Crippen LogP contribution is -2.42. The maximum absolute atomic E-state index is 9.10. The third-order valence-electron chi connectivity index (χ3n) is 1.56. The minimum absolute atomic E-state index is 0.0220. The Kier molecular flexibility index (Phi) is 1.35. The molecule has 7 nitrogen and oxygen atoms in total. The first-order valence-electron chi connectivity index (χ1n) is 3.21. The molecule has 0 saturated heterocycles. The first kappa shape index (κ1) is 7.19. The van der Waals surface area contributed by atoms with E-state index >= 15 is 0 Å². The second-order valence-electron chi connectivity index (χ2n) is 2.29. The average molecular weight is 173 g/mol. The quantitative estimate of drug-likeness (QED) is 0.437. The standard InChI is InChI=1S/C5H7N3O4/c6-4-2-3(12-1-11-2)5(9)7-8(4)10/h4,10H,1,6H2,(H,7,9). The van der Waals surface area contributed by atoms with Crippen LogP contribution in [0.5, 0.6) is 0 Å². The summed E-state index contributed by atoms with van der Waals surface area (Å²) in [6, 6.07) is 0. The molecule has 0 saturated carbocycles. The zero-order valence-electron chi connectivity index (χ0n) is 5.97. The number of ether oxygens (including phenoxy) is 2. The molecule has 2 rings (SSSR count). The van der Waals surface area contributed by atoms with Crippen LogP contribution in [-0.4, -0.2) is 34.3 Å². The lowest BCUT2D eigenvalue weighted by molar-refractivity contribution is -0.127. The number of hydrogen-bond donors (Lipinski definition) is 3. The van der Waals surface area contributed by atoms with Gasteiger partial charge in [-0.15, -0.1) is 10.3 Å². The third-order valence-corrected chi connectivity index (χ3v) is 1.56. The fourth-order valence-corrected chi connectivity index (χ4v) is 0.993. The largest absolute Gasteiger partial charge is 0.489 e. The molecule has 0 aromatic heterocycles. The number of hydrogen-bond acceptors (Lipinski definition) is 6. The van der Waals surface area contributed by atoms with E-state index in [0.29, 0.717) is 5.17 Å². The van der Waals surface area contributed by atoms with Crippen molar-refractivity contribution in [1.82, 2.24) is 5.17 Å². The normalized spacial score (nSPS) is 27.7. The van der Waals surface area contributed by atoms with Gasteiger partial charge >= 0.3 is 0 Å². The molecule has 2 heterocycles. The Morgan fingerprint density at radius 1 is 1.58 bits per heavy atom. The smallest absolute Gasteiger partial charge is 0.277 e. The van der Waals surface area contributed by atoms with E-state index in [2.05, 4.69) is 5.10 Å². The van der Waals surface area contributed by atoms with Crippen LogP contribution in [0.15, 0.2) is 16.6 Å². The Hall–Kier alpha value is -1.47. The fraction of sp³-hybridized carbons (Fsp3) is 0.400. The first-order chi connectivity index (χ1) is 5.70. The van der Waals surface area contributed by atoms with Crippen molar-refractivity contribution in [3.8, 4) is 0 Å². The molecule has 7 heteroatoms. The summed E-state index contributed by atoms with van der Waals surface area (Å²) in [4.78, 5) is 0. The van der Waals surface area contributed by atoms with Crippen LogP contribution in [0.25, 0.3) is 0 Å². The lowest BCUT2D eigenvalue weighted by Gasteiger charge is -2.22. The van der Waals surface area contributed by atoms with Gasteiger partial charge in [-0.25, -0.2) is 0 Å². The van der Waals surface area contributed by atoms with Gasteiger partial charge in [-0.3, -0.25) is 5.21 Å². The Morgan fingerprint density at radius 3 is 3.08 bits per heavy atom. The van der Waals surface area contributed by atoms with E-state index < -0.39 is 12.1 Å². The first-order valence-corrected chi connectivity index (χ1v) is 3.21. The summed E-state index contributed by atoms with van der Waals surface area (Å²) in [6.45, 7) is -0.0220. The second kappa shape index (κ2) is 2.26. The van der Waals surface area contributed by atoms with Crippen molar-refractivity contribution >= 4 is 5.90 Å². The predicted octanol–water partition coefficient (Wildman–Crippen LogP) is -0.937. The average Bonchev–Trinajstić information content (AvgIpc) is 2.48. The van der Waals surface area contributed by atoms with Crippen molar-refractivity contribution in [3.63, 3.8) is 0 Å². The highest BCUT2D eigenvalue weighted by Gasteiger charge is 2.35. The third kappa shape index (κ3) is 0.804. The van der Waals surface area contributed by atoms with Gasteiger partial charge in [0.1, 0.15) is 0 Å². The van der Waals surface area contributed by atoms with Gasteiger partial charge in [0.05, 0.1) is 0 Å². The maximum atomic E-state index is 9.10. The van der Waals surface area contributed by atoms with Gasteiger partial charge in [-0.1, -0.05) is 0 Å². The van der Waals surface area contributed by atoms with Crippen LogP contribution in [-0.2, 0) is 9.47 Å². The van der Waals surface area contributed by atoms with Crippen LogP contribution in [0, 0.1) is 0 Å². The van der Waals surface area contributed by atoms with E-state index in [4.69, 9.17) is 25.5 Å². The summed E-state index contributed by atoms with van der Waals surface area (Å²) in [5.74, 6) is -0.162. The van der Waals surface area contributed by atoms with Crippen molar-refractivity contribution in [1.29, 1.82) is 0 Å². The molecule has 1 unspecified atom stereocenters. The van der Waals surface area contributed by atoms with Crippen molar-refractivity contribution in [2.24, 2.45) is 10.8 Å². The van der Waals surface area contributed by atoms with Gasteiger partial charge in [0.25, 0.3) is 5.90 Å². The van der Waals surface area contributed by atoms with Crippen LogP contribution in [0.4, 0.5) is 0 Å². The highest BCUT2D eigenvalue weighted by atomic mass is 16.7. The Morgan fingerprint density at radius 2 is 2.33 bits per heavy atom. The van der Waals surface area contributed by atoms with Crippen molar-refractivity contribution in [2.75, 3.05) is 6.79 Å². The van der Waals surface area contributed by atoms with E-state index in [9.17, 15) is 0 Å². The van der Waals surface area contributed by atoms with E-state index in [1.807, 2.05) is 0 Å².